The van der Waals surface area contributed by atoms with E-state index in [9.17, 15) is 9.90 Å². The van der Waals surface area contributed by atoms with Gasteiger partial charge in [-0.15, -0.1) is 0 Å². The number of likely N-dealkylation sites (tertiary alicyclic amines) is 1. The summed E-state index contributed by atoms with van der Waals surface area (Å²) in [5, 5.41) is 14.2. The summed E-state index contributed by atoms with van der Waals surface area (Å²) in [6, 6.07) is 3.49. The number of hydrogen-bond donors (Lipinski definition) is 1. The van der Waals surface area contributed by atoms with Gasteiger partial charge in [-0.3, -0.25) is 4.79 Å². The van der Waals surface area contributed by atoms with Gasteiger partial charge in [-0.2, -0.15) is 4.98 Å². The SMILES string of the molecule is CC1(C)CN(C(=O)CCc2nc(-c3ccco3)no2)C[C@]1(C)O. The lowest BCUT2D eigenvalue weighted by Gasteiger charge is -2.30. The number of aliphatic hydroxyl groups is 1. The minimum atomic E-state index is -0.875. The topological polar surface area (TPSA) is 92.6 Å². The van der Waals surface area contributed by atoms with Crippen molar-refractivity contribution in [3.8, 4) is 11.6 Å². The lowest BCUT2D eigenvalue weighted by molar-refractivity contribution is -0.131. The van der Waals surface area contributed by atoms with Gasteiger partial charge in [0.05, 0.1) is 11.9 Å². The quantitative estimate of drug-likeness (QED) is 0.925. The predicted molar refractivity (Wildman–Crippen MR) is 81.3 cm³/mol. The Morgan fingerprint density at radius 1 is 1.39 bits per heavy atom. The Morgan fingerprint density at radius 2 is 2.17 bits per heavy atom. The molecule has 0 radical (unpaired) electrons. The summed E-state index contributed by atoms with van der Waals surface area (Å²) >= 11 is 0. The summed E-state index contributed by atoms with van der Waals surface area (Å²) in [6.45, 7) is 6.59. The largest absolute Gasteiger partial charge is 0.461 e. The van der Waals surface area contributed by atoms with E-state index in [2.05, 4.69) is 10.1 Å². The van der Waals surface area contributed by atoms with Crippen LogP contribution in [0.15, 0.2) is 27.3 Å². The fourth-order valence-electron chi connectivity index (χ4n) is 2.70. The molecule has 0 aromatic carbocycles. The van der Waals surface area contributed by atoms with Crippen molar-refractivity contribution in [2.24, 2.45) is 5.41 Å². The van der Waals surface area contributed by atoms with Gasteiger partial charge < -0.3 is 18.9 Å². The van der Waals surface area contributed by atoms with Gasteiger partial charge >= 0.3 is 0 Å². The molecule has 2 aromatic rings. The summed E-state index contributed by atoms with van der Waals surface area (Å²) in [5.74, 6) is 1.29. The van der Waals surface area contributed by atoms with Gasteiger partial charge in [0.1, 0.15) is 0 Å². The summed E-state index contributed by atoms with van der Waals surface area (Å²) in [5.41, 5.74) is -1.20. The Morgan fingerprint density at radius 3 is 2.78 bits per heavy atom. The highest BCUT2D eigenvalue weighted by Crippen LogP contribution is 2.38. The molecule has 7 nitrogen and oxygen atoms in total. The maximum absolute atomic E-state index is 12.3. The highest BCUT2D eigenvalue weighted by Gasteiger charge is 2.48. The van der Waals surface area contributed by atoms with Crippen LogP contribution in [0.2, 0.25) is 0 Å². The van der Waals surface area contributed by atoms with E-state index in [0.29, 0.717) is 37.0 Å². The number of nitrogens with zero attached hydrogens (tertiary/aromatic N) is 3. The fourth-order valence-corrected chi connectivity index (χ4v) is 2.70. The molecule has 0 saturated carbocycles. The zero-order valence-corrected chi connectivity index (χ0v) is 13.6. The molecule has 1 N–H and O–H groups in total. The lowest BCUT2D eigenvalue weighted by Crippen LogP contribution is -2.40. The minimum Gasteiger partial charge on any atom is -0.461 e. The molecule has 0 bridgehead atoms. The van der Waals surface area contributed by atoms with Crippen molar-refractivity contribution in [2.45, 2.75) is 39.2 Å². The van der Waals surface area contributed by atoms with Gasteiger partial charge in [0.2, 0.25) is 17.6 Å². The molecule has 124 valence electrons. The van der Waals surface area contributed by atoms with Crippen LogP contribution < -0.4 is 0 Å². The molecule has 0 unspecified atom stereocenters. The highest BCUT2D eigenvalue weighted by molar-refractivity contribution is 5.77. The van der Waals surface area contributed by atoms with Crippen molar-refractivity contribution in [1.29, 1.82) is 0 Å². The van der Waals surface area contributed by atoms with Gasteiger partial charge in [-0.1, -0.05) is 19.0 Å². The lowest BCUT2D eigenvalue weighted by atomic mass is 9.79. The molecule has 1 saturated heterocycles. The molecular weight excluding hydrogens is 298 g/mol. The number of aromatic nitrogens is 2. The Balaban J connectivity index is 1.58. The first-order valence-corrected chi connectivity index (χ1v) is 7.65. The van der Waals surface area contributed by atoms with Crippen molar-refractivity contribution in [2.75, 3.05) is 13.1 Å². The smallest absolute Gasteiger partial charge is 0.238 e. The molecule has 0 aliphatic carbocycles. The molecule has 3 heterocycles. The Bertz CT molecular complexity index is 672. The first kappa shape index (κ1) is 15.7. The van der Waals surface area contributed by atoms with Gasteiger partial charge in [-0.05, 0) is 19.1 Å². The Kier molecular flexibility index (Phi) is 3.75. The third-order valence-corrected chi connectivity index (χ3v) is 4.66. The van der Waals surface area contributed by atoms with Crippen LogP contribution in [-0.2, 0) is 11.2 Å². The number of hydrogen-bond acceptors (Lipinski definition) is 6. The molecule has 2 aromatic heterocycles. The maximum atomic E-state index is 12.3. The van der Waals surface area contributed by atoms with Crippen LogP contribution in [0.25, 0.3) is 11.6 Å². The van der Waals surface area contributed by atoms with Crippen molar-refractivity contribution in [3.63, 3.8) is 0 Å². The molecule has 1 fully saturated rings. The van der Waals surface area contributed by atoms with Crippen LogP contribution >= 0.6 is 0 Å². The summed E-state index contributed by atoms with van der Waals surface area (Å²) in [4.78, 5) is 18.3. The number of amides is 1. The molecule has 1 aliphatic rings. The zero-order chi connectivity index (χ0) is 16.7. The zero-order valence-electron chi connectivity index (χ0n) is 13.6. The van der Waals surface area contributed by atoms with Crippen LogP contribution in [0.4, 0.5) is 0 Å². The van der Waals surface area contributed by atoms with E-state index >= 15 is 0 Å². The third kappa shape index (κ3) is 3.01. The van der Waals surface area contributed by atoms with E-state index in [0.717, 1.165) is 0 Å². The van der Waals surface area contributed by atoms with Crippen LogP contribution in [0.3, 0.4) is 0 Å². The molecule has 1 aliphatic heterocycles. The Hall–Kier alpha value is -2.15. The first-order chi connectivity index (χ1) is 10.8. The van der Waals surface area contributed by atoms with E-state index in [4.69, 9.17) is 8.94 Å². The molecule has 1 amide bonds. The third-order valence-electron chi connectivity index (χ3n) is 4.66. The van der Waals surface area contributed by atoms with E-state index in [1.54, 1.807) is 24.0 Å². The molecule has 0 spiro atoms. The van der Waals surface area contributed by atoms with Crippen LogP contribution in [0.1, 0.15) is 33.1 Å². The molecule has 1 atom stereocenters. The second-order valence-electron chi connectivity index (χ2n) is 6.90. The number of carbonyl (C=O) groups excluding carboxylic acids is 1. The standard InChI is InChI=1S/C16H21N3O4/c1-15(2)9-19(10-16(15,3)21)13(20)7-6-12-17-14(18-23-12)11-5-4-8-22-11/h4-5,8,21H,6-7,9-10H2,1-3H3/t16-/m0/s1. The highest BCUT2D eigenvalue weighted by atomic mass is 16.5. The molecule has 3 rings (SSSR count). The number of furan rings is 1. The predicted octanol–water partition coefficient (Wildman–Crippen LogP) is 1.88. The maximum Gasteiger partial charge on any atom is 0.238 e. The van der Waals surface area contributed by atoms with Crippen LogP contribution in [-0.4, -0.2) is 44.7 Å². The monoisotopic (exact) mass is 319 g/mol. The average molecular weight is 319 g/mol. The van der Waals surface area contributed by atoms with Gasteiger partial charge in [0.15, 0.2) is 5.76 Å². The van der Waals surface area contributed by atoms with Crippen molar-refractivity contribution in [3.05, 3.63) is 24.3 Å². The summed E-state index contributed by atoms with van der Waals surface area (Å²) in [6.07, 6.45) is 2.17. The fraction of sp³-hybridized carbons (Fsp3) is 0.562. The van der Waals surface area contributed by atoms with Gasteiger partial charge in [0, 0.05) is 31.3 Å². The van der Waals surface area contributed by atoms with Crippen molar-refractivity contribution in [1.82, 2.24) is 15.0 Å². The van der Waals surface area contributed by atoms with Gasteiger partial charge in [-0.25, -0.2) is 0 Å². The van der Waals surface area contributed by atoms with Crippen LogP contribution in [0, 0.1) is 5.41 Å². The summed E-state index contributed by atoms with van der Waals surface area (Å²) < 4.78 is 10.3. The second kappa shape index (κ2) is 5.49. The average Bonchev–Trinajstić information content (AvgIpc) is 3.16. The normalized spacial score (nSPS) is 23.4. The van der Waals surface area contributed by atoms with Crippen LogP contribution in [0.5, 0.6) is 0 Å². The number of aryl methyl sites for hydroxylation is 1. The van der Waals surface area contributed by atoms with E-state index in [1.807, 2.05) is 13.8 Å². The minimum absolute atomic E-state index is 0.0198. The molecule has 7 heteroatoms. The first-order valence-electron chi connectivity index (χ1n) is 7.65. The van der Waals surface area contributed by atoms with Gasteiger partial charge in [0.25, 0.3) is 0 Å². The van der Waals surface area contributed by atoms with E-state index in [1.165, 1.54) is 6.26 Å². The number of rotatable bonds is 4. The Labute approximate surface area is 134 Å². The second-order valence-corrected chi connectivity index (χ2v) is 6.90. The number of carbonyl (C=O) groups is 1. The van der Waals surface area contributed by atoms with Crippen molar-refractivity contribution < 1.29 is 18.8 Å². The van der Waals surface area contributed by atoms with E-state index in [-0.39, 0.29) is 17.7 Å². The molecule has 23 heavy (non-hydrogen) atoms. The van der Waals surface area contributed by atoms with Crippen molar-refractivity contribution >= 4 is 5.91 Å². The van der Waals surface area contributed by atoms with E-state index < -0.39 is 5.60 Å². The summed E-state index contributed by atoms with van der Waals surface area (Å²) in [7, 11) is 0. The number of β-amino-alcohol motifs (C(OH)–C–C–N with tert-alkyl or cyclic N) is 1. The molecular formula is C16H21N3O4.